The first-order chi connectivity index (χ1) is 12.8. The number of ether oxygens (including phenoxy) is 2. The summed E-state index contributed by atoms with van der Waals surface area (Å²) in [6, 6.07) is 20.2. The third-order valence-electron chi connectivity index (χ3n) is 3.97. The van der Waals surface area contributed by atoms with E-state index < -0.39 is 0 Å². The van der Waals surface area contributed by atoms with Crippen molar-refractivity contribution in [2.24, 2.45) is 0 Å². The van der Waals surface area contributed by atoms with Gasteiger partial charge >= 0.3 is 0 Å². The van der Waals surface area contributed by atoms with Crippen LogP contribution in [0.15, 0.2) is 48.5 Å². The Morgan fingerprint density at radius 2 is 1.00 bits per heavy atom. The molecule has 134 valence electrons. The fourth-order valence-electron chi connectivity index (χ4n) is 2.49. The molecular formula is C22H24N2O2. The number of nitrogens with zero attached hydrogens (tertiary/aromatic N) is 2. The van der Waals surface area contributed by atoms with Crippen molar-refractivity contribution in [3.05, 3.63) is 59.7 Å². The van der Waals surface area contributed by atoms with E-state index in [-0.39, 0.29) is 0 Å². The molecule has 0 unspecified atom stereocenters. The maximum Gasteiger partial charge on any atom is 0.119 e. The van der Waals surface area contributed by atoms with Crippen LogP contribution in [-0.4, -0.2) is 13.2 Å². The molecule has 0 heterocycles. The van der Waals surface area contributed by atoms with Gasteiger partial charge < -0.3 is 9.47 Å². The summed E-state index contributed by atoms with van der Waals surface area (Å²) in [5.41, 5.74) is 2.32. The molecule has 0 atom stereocenters. The lowest BCUT2D eigenvalue weighted by molar-refractivity contribution is 0.266. The third kappa shape index (κ3) is 7.28. The lowest BCUT2D eigenvalue weighted by atomic mass is 10.1. The highest BCUT2D eigenvalue weighted by Gasteiger charge is 1.98. The SMILES string of the molecule is N#CCCc1ccc(OCCCCOc2ccc(CCC#N)cc2)cc1. The summed E-state index contributed by atoms with van der Waals surface area (Å²) in [4.78, 5) is 0. The predicted octanol–water partition coefficient (Wildman–Crippen LogP) is 4.84. The molecule has 26 heavy (non-hydrogen) atoms. The van der Waals surface area contributed by atoms with Crippen molar-refractivity contribution < 1.29 is 9.47 Å². The maximum absolute atomic E-state index is 8.59. The van der Waals surface area contributed by atoms with Crippen LogP contribution >= 0.6 is 0 Å². The maximum atomic E-state index is 8.59. The highest BCUT2D eigenvalue weighted by atomic mass is 16.5. The van der Waals surface area contributed by atoms with Crippen LogP contribution in [0.2, 0.25) is 0 Å². The van der Waals surface area contributed by atoms with Crippen molar-refractivity contribution in [2.75, 3.05) is 13.2 Å². The molecule has 4 nitrogen and oxygen atoms in total. The largest absolute Gasteiger partial charge is 0.494 e. The van der Waals surface area contributed by atoms with E-state index in [0.717, 1.165) is 48.3 Å². The summed E-state index contributed by atoms with van der Waals surface area (Å²) >= 11 is 0. The second-order valence-electron chi connectivity index (χ2n) is 6.01. The van der Waals surface area contributed by atoms with Gasteiger partial charge in [-0.3, -0.25) is 0 Å². The van der Waals surface area contributed by atoms with Crippen LogP contribution in [0.1, 0.15) is 36.8 Å². The van der Waals surface area contributed by atoms with Gasteiger partial charge in [0.15, 0.2) is 0 Å². The summed E-state index contributed by atoms with van der Waals surface area (Å²) in [5, 5.41) is 17.2. The van der Waals surface area contributed by atoms with Crippen molar-refractivity contribution in [3.8, 4) is 23.6 Å². The van der Waals surface area contributed by atoms with Gasteiger partial charge in [-0.2, -0.15) is 10.5 Å². The van der Waals surface area contributed by atoms with E-state index in [4.69, 9.17) is 20.0 Å². The molecule has 0 saturated heterocycles. The quantitative estimate of drug-likeness (QED) is 0.545. The summed E-state index contributed by atoms with van der Waals surface area (Å²) in [6.45, 7) is 1.32. The van der Waals surface area contributed by atoms with Crippen LogP contribution in [0.25, 0.3) is 0 Å². The minimum absolute atomic E-state index is 0.544. The Kier molecular flexibility index (Phi) is 8.60. The molecule has 4 heteroatoms. The van der Waals surface area contributed by atoms with Gasteiger partial charge in [0.05, 0.1) is 25.4 Å². The third-order valence-corrected chi connectivity index (χ3v) is 3.97. The normalized spacial score (nSPS) is 9.92. The first-order valence-electron chi connectivity index (χ1n) is 8.99. The molecule has 0 radical (unpaired) electrons. The average Bonchev–Trinajstić information content (AvgIpc) is 2.69. The van der Waals surface area contributed by atoms with Gasteiger partial charge in [-0.25, -0.2) is 0 Å². The molecule has 0 aliphatic rings. The Morgan fingerprint density at radius 1 is 0.615 bits per heavy atom. The Bertz CT molecular complexity index is 659. The van der Waals surface area contributed by atoms with Crippen molar-refractivity contribution in [1.29, 1.82) is 10.5 Å². The monoisotopic (exact) mass is 348 g/mol. The standard InChI is InChI=1S/C22H24N2O2/c23-15-3-5-19-7-11-21(12-8-19)25-17-1-2-18-26-22-13-9-20(10-14-22)6-4-16-24/h7-14H,1-6,17-18H2. The van der Waals surface area contributed by atoms with E-state index in [1.165, 1.54) is 0 Å². The molecule has 2 aromatic carbocycles. The Balaban J connectivity index is 1.58. The zero-order valence-electron chi connectivity index (χ0n) is 15.0. The molecule has 2 aromatic rings. The smallest absolute Gasteiger partial charge is 0.119 e. The van der Waals surface area contributed by atoms with Gasteiger partial charge in [0.2, 0.25) is 0 Å². The number of hydrogen-bond donors (Lipinski definition) is 0. The van der Waals surface area contributed by atoms with E-state index in [1.807, 2.05) is 48.5 Å². The summed E-state index contributed by atoms with van der Waals surface area (Å²) in [5.74, 6) is 1.72. The average molecular weight is 348 g/mol. The molecule has 0 spiro atoms. The summed E-state index contributed by atoms with van der Waals surface area (Å²) in [6.07, 6.45) is 4.51. The molecular weight excluding hydrogens is 324 g/mol. The second kappa shape index (κ2) is 11.6. The van der Waals surface area contributed by atoms with Gasteiger partial charge in [0, 0.05) is 12.8 Å². The molecule has 0 bridgehead atoms. The lowest BCUT2D eigenvalue weighted by Gasteiger charge is -2.09. The molecule has 0 aliphatic heterocycles. The lowest BCUT2D eigenvalue weighted by Crippen LogP contribution is -2.02. The first kappa shape index (κ1) is 19.3. The van der Waals surface area contributed by atoms with Crippen molar-refractivity contribution in [1.82, 2.24) is 0 Å². The van der Waals surface area contributed by atoms with E-state index in [1.54, 1.807) is 0 Å². The highest BCUT2D eigenvalue weighted by molar-refractivity contribution is 5.28. The number of aryl methyl sites for hydroxylation is 2. The highest BCUT2D eigenvalue weighted by Crippen LogP contribution is 2.15. The zero-order chi connectivity index (χ0) is 18.5. The number of hydrogen-bond acceptors (Lipinski definition) is 4. The second-order valence-corrected chi connectivity index (χ2v) is 6.01. The topological polar surface area (TPSA) is 66.0 Å². The summed E-state index contributed by atoms with van der Waals surface area (Å²) in [7, 11) is 0. The van der Waals surface area contributed by atoms with E-state index in [0.29, 0.717) is 26.1 Å². The van der Waals surface area contributed by atoms with E-state index in [2.05, 4.69) is 12.1 Å². The zero-order valence-corrected chi connectivity index (χ0v) is 15.0. The van der Waals surface area contributed by atoms with Crippen LogP contribution in [0, 0.1) is 22.7 Å². The van der Waals surface area contributed by atoms with Crippen LogP contribution in [0.5, 0.6) is 11.5 Å². The van der Waals surface area contributed by atoms with Gasteiger partial charge in [-0.15, -0.1) is 0 Å². The van der Waals surface area contributed by atoms with Crippen LogP contribution in [-0.2, 0) is 12.8 Å². The van der Waals surface area contributed by atoms with Crippen LogP contribution < -0.4 is 9.47 Å². The first-order valence-corrected chi connectivity index (χ1v) is 8.99. The predicted molar refractivity (Wildman–Crippen MR) is 101 cm³/mol. The van der Waals surface area contributed by atoms with Gasteiger partial charge in [-0.1, -0.05) is 24.3 Å². The van der Waals surface area contributed by atoms with E-state index >= 15 is 0 Å². The molecule has 0 amide bonds. The molecule has 2 rings (SSSR count). The van der Waals surface area contributed by atoms with E-state index in [9.17, 15) is 0 Å². The van der Waals surface area contributed by atoms with Crippen molar-refractivity contribution in [2.45, 2.75) is 38.5 Å². The fraction of sp³-hybridized carbons (Fsp3) is 0.364. The van der Waals surface area contributed by atoms with Gasteiger partial charge in [0.25, 0.3) is 0 Å². The molecule has 0 N–H and O–H groups in total. The van der Waals surface area contributed by atoms with Crippen LogP contribution in [0.4, 0.5) is 0 Å². The number of unbranched alkanes of at least 4 members (excludes halogenated alkanes) is 1. The van der Waals surface area contributed by atoms with Crippen LogP contribution in [0.3, 0.4) is 0 Å². The summed E-state index contributed by atoms with van der Waals surface area (Å²) < 4.78 is 11.4. The molecule has 0 aromatic heterocycles. The Hall–Kier alpha value is -2.98. The Labute approximate surface area is 155 Å². The fourth-order valence-corrected chi connectivity index (χ4v) is 2.49. The minimum atomic E-state index is 0.544. The molecule has 0 saturated carbocycles. The van der Waals surface area contributed by atoms with Gasteiger partial charge in [-0.05, 0) is 61.1 Å². The number of benzene rings is 2. The molecule has 0 fully saturated rings. The van der Waals surface area contributed by atoms with Gasteiger partial charge in [0.1, 0.15) is 11.5 Å². The van der Waals surface area contributed by atoms with Crippen molar-refractivity contribution in [3.63, 3.8) is 0 Å². The minimum Gasteiger partial charge on any atom is -0.494 e. The Morgan fingerprint density at radius 3 is 1.35 bits per heavy atom. The molecule has 0 aliphatic carbocycles. The number of nitriles is 2. The van der Waals surface area contributed by atoms with Crippen molar-refractivity contribution >= 4 is 0 Å². The number of rotatable bonds is 11.